The molecule has 5 heteroatoms. The average Bonchev–Trinajstić information content (AvgIpc) is 2.40. The highest BCUT2D eigenvalue weighted by atomic mass is 16.7. The molecule has 0 aliphatic heterocycles. The topological polar surface area (TPSA) is 56.3 Å². The number of nitrogens with one attached hydrogen (secondary N) is 1. The van der Waals surface area contributed by atoms with Gasteiger partial charge >= 0.3 is 0 Å². The second-order valence-electron chi connectivity index (χ2n) is 3.93. The summed E-state index contributed by atoms with van der Waals surface area (Å²) in [6.07, 6.45) is -0.294. The second-order valence-corrected chi connectivity index (χ2v) is 3.93. The Morgan fingerprint density at radius 3 is 2.33 bits per heavy atom. The largest absolute Gasteiger partial charge is 0.363 e. The quantitative estimate of drug-likeness (QED) is 0.819. The van der Waals surface area contributed by atoms with Gasteiger partial charge < -0.3 is 14.8 Å². The van der Waals surface area contributed by atoms with E-state index in [1.54, 1.807) is 14.2 Å². The molecule has 0 fully saturated rings. The van der Waals surface area contributed by atoms with Crippen LogP contribution < -0.4 is 5.32 Å². The zero-order valence-corrected chi connectivity index (χ0v) is 10.8. The van der Waals surface area contributed by atoms with Crippen LogP contribution in [0.1, 0.15) is 5.69 Å². The van der Waals surface area contributed by atoms with Crippen molar-refractivity contribution in [2.75, 3.05) is 26.1 Å². The summed E-state index contributed by atoms with van der Waals surface area (Å²) in [5.74, 6) is 0.757. The monoisotopic (exact) mass is 247 g/mol. The second kappa shape index (κ2) is 5.75. The minimum atomic E-state index is -0.294. The van der Waals surface area contributed by atoms with E-state index < -0.39 is 0 Å². The van der Waals surface area contributed by atoms with E-state index in [0.717, 1.165) is 22.5 Å². The van der Waals surface area contributed by atoms with E-state index in [1.165, 1.54) is 0 Å². The molecule has 5 nitrogen and oxygen atoms in total. The molecule has 0 radical (unpaired) electrons. The van der Waals surface area contributed by atoms with Crippen LogP contribution in [0.3, 0.4) is 0 Å². The molecule has 2 aromatic rings. The maximum absolute atomic E-state index is 5.12. The molecular formula is C13H17N3O2. The first-order valence-corrected chi connectivity index (χ1v) is 5.77. The first-order chi connectivity index (χ1) is 8.74. The Kier molecular flexibility index (Phi) is 4.07. The Morgan fingerprint density at radius 2 is 1.72 bits per heavy atom. The van der Waals surface area contributed by atoms with E-state index in [1.807, 2.05) is 31.2 Å². The summed E-state index contributed by atoms with van der Waals surface area (Å²) in [6.45, 7) is 2.46. The van der Waals surface area contributed by atoms with Crippen molar-refractivity contribution >= 4 is 16.9 Å². The number of aromatic nitrogens is 2. The molecule has 1 aromatic heterocycles. The number of nitrogens with zero attached hydrogens (tertiary/aromatic N) is 2. The number of fused-ring (bicyclic) bond motifs is 1. The van der Waals surface area contributed by atoms with Crippen molar-refractivity contribution in [3.8, 4) is 0 Å². The van der Waals surface area contributed by atoms with Crippen molar-refractivity contribution in [2.24, 2.45) is 0 Å². The molecule has 0 aliphatic carbocycles. The van der Waals surface area contributed by atoms with Gasteiger partial charge in [-0.3, -0.25) is 0 Å². The zero-order chi connectivity index (χ0) is 13.0. The standard InChI is InChI=1S/C13H17N3O2/c1-9-13(14-8-12(17-2)18-3)16-11-7-5-4-6-10(11)15-9/h4-7,12H,8H2,1-3H3,(H,14,16). The van der Waals surface area contributed by atoms with Gasteiger partial charge in [0.25, 0.3) is 0 Å². The summed E-state index contributed by atoms with van der Waals surface area (Å²) in [5.41, 5.74) is 2.63. The van der Waals surface area contributed by atoms with Crippen molar-refractivity contribution in [3.05, 3.63) is 30.0 Å². The van der Waals surface area contributed by atoms with Crippen LogP contribution in [-0.4, -0.2) is 37.0 Å². The third-order valence-corrected chi connectivity index (χ3v) is 2.71. The van der Waals surface area contributed by atoms with Crippen molar-refractivity contribution in [3.63, 3.8) is 0 Å². The number of hydrogen-bond donors (Lipinski definition) is 1. The fourth-order valence-electron chi connectivity index (χ4n) is 1.70. The van der Waals surface area contributed by atoms with Crippen LogP contribution in [0.15, 0.2) is 24.3 Å². The molecule has 18 heavy (non-hydrogen) atoms. The molecule has 0 amide bonds. The summed E-state index contributed by atoms with van der Waals surface area (Å²) in [6, 6.07) is 7.79. The Hall–Kier alpha value is -1.72. The SMILES string of the molecule is COC(CNc1nc2ccccc2nc1C)OC. The normalized spacial score (nSPS) is 11.1. The molecule has 1 aromatic carbocycles. The highest BCUT2D eigenvalue weighted by Gasteiger charge is 2.08. The third kappa shape index (κ3) is 2.75. The van der Waals surface area contributed by atoms with E-state index in [9.17, 15) is 0 Å². The van der Waals surface area contributed by atoms with Gasteiger partial charge in [-0.15, -0.1) is 0 Å². The summed E-state index contributed by atoms with van der Waals surface area (Å²) < 4.78 is 10.2. The molecule has 1 heterocycles. The van der Waals surface area contributed by atoms with Gasteiger partial charge in [0.2, 0.25) is 0 Å². The van der Waals surface area contributed by atoms with Gasteiger partial charge in [0.05, 0.1) is 23.3 Å². The van der Waals surface area contributed by atoms with Gasteiger partial charge in [-0.05, 0) is 19.1 Å². The maximum Gasteiger partial charge on any atom is 0.173 e. The lowest BCUT2D eigenvalue weighted by Gasteiger charge is -2.15. The maximum atomic E-state index is 5.12. The van der Waals surface area contributed by atoms with Crippen molar-refractivity contribution in [2.45, 2.75) is 13.2 Å². The van der Waals surface area contributed by atoms with Gasteiger partial charge in [-0.2, -0.15) is 0 Å². The van der Waals surface area contributed by atoms with E-state index in [-0.39, 0.29) is 6.29 Å². The summed E-state index contributed by atoms with van der Waals surface area (Å²) in [7, 11) is 3.21. The number of methoxy groups -OCH3 is 2. The van der Waals surface area contributed by atoms with E-state index >= 15 is 0 Å². The van der Waals surface area contributed by atoms with Gasteiger partial charge in [0, 0.05) is 14.2 Å². The highest BCUT2D eigenvalue weighted by Crippen LogP contribution is 2.15. The Balaban J connectivity index is 2.20. The van der Waals surface area contributed by atoms with Gasteiger partial charge in [0.15, 0.2) is 6.29 Å². The number of anilines is 1. The number of benzene rings is 1. The van der Waals surface area contributed by atoms with Gasteiger partial charge in [-0.25, -0.2) is 9.97 Å². The van der Waals surface area contributed by atoms with Crippen molar-refractivity contribution in [1.82, 2.24) is 9.97 Å². The highest BCUT2D eigenvalue weighted by molar-refractivity contribution is 5.76. The molecule has 0 bridgehead atoms. The minimum Gasteiger partial charge on any atom is -0.363 e. The Labute approximate surface area is 106 Å². The number of hydrogen-bond acceptors (Lipinski definition) is 5. The molecule has 0 spiro atoms. The fraction of sp³-hybridized carbons (Fsp3) is 0.385. The lowest BCUT2D eigenvalue weighted by molar-refractivity contribution is -0.0914. The first kappa shape index (κ1) is 12.7. The number of ether oxygens (including phenoxy) is 2. The molecule has 0 atom stereocenters. The molecule has 0 saturated heterocycles. The molecular weight excluding hydrogens is 230 g/mol. The molecule has 1 N–H and O–H groups in total. The average molecular weight is 247 g/mol. The van der Waals surface area contributed by atoms with E-state index in [4.69, 9.17) is 9.47 Å². The van der Waals surface area contributed by atoms with Crippen LogP contribution >= 0.6 is 0 Å². The predicted molar refractivity (Wildman–Crippen MR) is 70.6 cm³/mol. The van der Waals surface area contributed by atoms with E-state index in [2.05, 4.69) is 15.3 Å². The van der Waals surface area contributed by atoms with Crippen LogP contribution in [0, 0.1) is 6.92 Å². The van der Waals surface area contributed by atoms with Gasteiger partial charge in [0.1, 0.15) is 5.82 Å². The van der Waals surface area contributed by atoms with Crippen LogP contribution in [0.25, 0.3) is 11.0 Å². The molecule has 0 aliphatic rings. The van der Waals surface area contributed by atoms with Crippen LogP contribution in [0.5, 0.6) is 0 Å². The fourth-order valence-corrected chi connectivity index (χ4v) is 1.70. The van der Waals surface area contributed by atoms with Crippen LogP contribution in [0.2, 0.25) is 0 Å². The smallest absolute Gasteiger partial charge is 0.173 e. The van der Waals surface area contributed by atoms with Crippen LogP contribution in [-0.2, 0) is 9.47 Å². The molecule has 2 rings (SSSR count). The lowest BCUT2D eigenvalue weighted by atomic mass is 10.3. The molecule has 0 saturated carbocycles. The first-order valence-electron chi connectivity index (χ1n) is 5.77. The summed E-state index contributed by atoms with van der Waals surface area (Å²) in [5, 5.41) is 3.18. The summed E-state index contributed by atoms with van der Waals surface area (Å²) >= 11 is 0. The molecule has 0 unspecified atom stereocenters. The zero-order valence-electron chi connectivity index (χ0n) is 10.8. The number of rotatable bonds is 5. The Morgan fingerprint density at radius 1 is 1.11 bits per heavy atom. The van der Waals surface area contributed by atoms with Crippen molar-refractivity contribution in [1.29, 1.82) is 0 Å². The molecule has 96 valence electrons. The summed E-state index contributed by atoms with van der Waals surface area (Å²) in [4.78, 5) is 9.03. The van der Waals surface area contributed by atoms with Crippen LogP contribution in [0.4, 0.5) is 5.82 Å². The minimum absolute atomic E-state index is 0.294. The predicted octanol–water partition coefficient (Wildman–Crippen LogP) is 1.97. The van der Waals surface area contributed by atoms with E-state index in [0.29, 0.717) is 6.54 Å². The number of aryl methyl sites for hydroxylation is 1. The number of para-hydroxylation sites is 2. The third-order valence-electron chi connectivity index (χ3n) is 2.71. The Bertz CT molecular complexity index is 527. The van der Waals surface area contributed by atoms with Gasteiger partial charge in [-0.1, -0.05) is 12.1 Å². The lowest BCUT2D eigenvalue weighted by Crippen LogP contribution is -2.24. The van der Waals surface area contributed by atoms with Crippen molar-refractivity contribution < 1.29 is 9.47 Å².